The van der Waals surface area contributed by atoms with Gasteiger partial charge in [0.2, 0.25) is 0 Å². The summed E-state index contributed by atoms with van der Waals surface area (Å²) in [4.78, 5) is 7.89. The molecule has 0 saturated heterocycles. The van der Waals surface area contributed by atoms with Crippen molar-refractivity contribution in [1.82, 2.24) is 10.3 Å². The summed E-state index contributed by atoms with van der Waals surface area (Å²) in [5, 5.41) is 4.21. The summed E-state index contributed by atoms with van der Waals surface area (Å²) >= 11 is 1.65. The summed E-state index contributed by atoms with van der Waals surface area (Å²) < 4.78 is 14.0. The number of aromatic nitrogens is 1. The molecule has 0 aliphatic rings. The molecule has 2 rings (SSSR count). The van der Waals surface area contributed by atoms with Gasteiger partial charge in [-0.3, -0.25) is 0 Å². The molecular weight excluding hydrogens is 285 g/mol. The van der Waals surface area contributed by atoms with Gasteiger partial charge in [0.15, 0.2) is 5.13 Å². The second kappa shape index (κ2) is 7.52. The Hall–Kier alpha value is -1.46. The molecule has 5 heteroatoms. The van der Waals surface area contributed by atoms with Crippen LogP contribution in [-0.4, -0.2) is 18.1 Å². The van der Waals surface area contributed by atoms with Gasteiger partial charge in [-0.25, -0.2) is 9.37 Å². The predicted octanol–water partition coefficient (Wildman–Crippen LogP) is 4.11. The van der Waals surface area contributed by atoms with Gasteiger partial charge in [0.1, 0.15) is 5.82 Å². The number of aryl methyl sites for hydroxylation is 1. The fraction of sp³-hybridized carbons (Fsp3) is 0.438. The number of halogens is 1. The standard InChI is InChI=1S/C16H22FN3S/c1-4-13-15(11-18-5-2)21-16(19-13)20(6-3)14-10-8-7-9-12(14)17/h7-10,18H,4-6,11H2,1-3H3. The summed E-state index contributed by atoms with van der Waals surface area (Å²) in [7, 11) is 0. The minimum Gasteiger partial charge on any atom is -0.315 e. The highest BCUT2D eigenvalue weighted by atomic mass is 32.1. The molecule has 1 N–H and O–H groups in total. The number of nitrogens with one attached hydrogen (secondary N) is 1. The molecule has 114 valence electrons. The van der Waals surface area contributed by atoms with E-state index >= 15 is 0 Å². The molecule has 21 heavy (non-hydrogen) atoms. The van der Waals surface area contributed by atoms with E-state index in [1.807, 2.05) is 17.9 Å². The van der Waals surface area contributed by atoms with Crippen molar-refractivity contribution in [1.29, 1.82) is 0 Å². The van der Waals surface area contributed by atoms with Gasteiger partial charge in [0.25, 0.3) is 0 Å². The van der Waals surface area contributed by atoms with Crippen LogP contribution in [0.15, 0.2) is 24.3 Å². The summed E-state index contributed by atoms with van der Waals surface area (Å²) in [5.41, 5.74) is 1.69. The SMILES string of the molecule is CCNCc1sc(N(CC)c2ccccc2F)nc1CC. The van der Waals surface area contributed by atoms with Crippen molar-refractivity contribution in [3.05, 3.63) is 40.7 Å². The second-order valence-corrected chi connectivity index (χ2v) is 5.76. The zero-order chi connectivity index (χ0) is 15.2. The van der Waals surface area contributed by atoms with Crippen LogP contribution in [0.4, 0.5) is 15.2 Å². The summed E-state index contributed by atoms with van der Waals surface area (Å²) in [6.45, 7) is 8.66. The molecule has 3 nitrogen and oxygen atoms in total. The fourth-order valence-electron chi connectivity index (χ4n) is 2.22. The first-order valence-electron chi connectivity index (χ1n) is 7.42. The summed E-state index contributed by atoms with van der Waals surface area (Å²) in [5.74, 6) is -0.208. The van der Waals surface area contributed by atoms with Crippen molar-refractivity contribution in [3.63, 3.8) is 0 Å². The van der Waals surface area contributed by atoms with Crippen LogP contribution in [-0.2, 0) is 13.0 Å². The van der Waals surface area contributed by atoms with Crippen LogP contribution in [0.5, 0.6) is 0 Å². The van der Waals surface area contributed by atoms with E-state index in [9.17, 15) is 4.39 Å². The maximum absolute atomic E-state index is 14.0. The Bertz CT molecular complexity index is 583. The van der Waals surface area contributed by atoms with Crippen molar-refractivity contribution in [2.24, 2.45) is 0 Å². The van der Waals surface area contributed by atoms with Gasteiger partial charge in [0.05, 0.1) is 11.4 Å². The minimum atomic E-state index is -0.208. The van der Waals surface area contributed by atoms with E-state index in [2.05, 4.69) is 19.2 Å². The van der Waals surface area contributed by atoms with Gasteiger partial charge in [-0.05, 0) is 32.0 Å². The first-order chi connectivity index (χ1) is 10.2. The first-order valence-corrected chi connectivity index (χ1v) is 8.24. The van der Waals surface area contributed by atoms with Gasteiger partial charge < -0.3 is 10.2 Å². The quantitative estimate of drug-likeness (QED) is 0.834. The second-order valence-electron chi connectivity index (χ2n) is 4.70. The number of hydrogen-bond acceptors (Lipinski definition) is 4. The maximum atomic E-state index is 14.0. The number of anilines is 2. The van der Waals surface area contributed by atoms with E-state index in [0.717, 1.165) is 30.3 Å². The van der Waals surface area contributed by atoms with E-state index in [0.29, 0.717) is 12.2 Å². The van der Waals surface area contributed by atoms with Crippen LogP contribution in [0.25, 0.3) is 0 Å². The normalized spacial score (nSPS) is 10.9. The average Bonchev–Trinajstić information content (AvgIpc) is 2.91. The van der Waals surface area contributed by atoms with Crippen LogP contribution in [0.1, 0.15) is 31.3 Å². The number of nitrogens with zero attached hydrogens (tertiary/aromatic N) is 2. The topological polar surface area (TPSA) is 28.2 Å². The lowest BCUT2D eigenvalue weighted by atomic mass is 10.3. The largest absolute Gasteiger partial charge is 0.315 e. The van der Waals surface area contributed by atoms with E-state index in [1.165, 1.54) is 10.9 Å². The third kappa shape index (κ3) is 3.60. The molecule has 1 heterocycles. The summed E-state index contributed by atoms with van der Waals surface area (Å²) in [6.07, 6.45) is 0.895. The molecule has 0 bridgehead atoms. The Kier molecular flexibility index (Phi) is 5.70. The zero-order valence-corrected chi connectivity index (χ0v) is 13.6. The Morgan fingerprint density at radius 3 is 2.62 bits per heavy atom. The van der Waals surface area contributed by atoms with E-state index in [4.69, 9.17) is 4.98 Å². The number of thiazole rings is 1. The smallest absolute Gasteiger partial charge is 0.190 e. The third-order valence-electron chi connectivity index (χ3n) is 3.33. The number of benzene rings is 1. The molecule has 0 aliphatic carbocycles. The van der Waals surface area contributed by atoms with Gasteiger partial charge in [-0.2, -0.15) is 0 Å². The molecule has 1 aromatic heterocycles. The van der Waals surface area contributed by atoms with Crippen molar-refractivity contribution >= 4 is 22.2 Å². The molecule has 0 aliphatic heterocycles. The Labute approximate surface area is 129 Å². The van der Waals surface area contributed by atoms with Crippen LogP contribution in [0.2, 0.25) is 0 Å². The number of para-hydroxylation sites is 1. The Balaban J connectivity index is 2.34. The van der Waals surface area contributed by atoms with Crippen LogP contribution in [0, 0.1) is 5.82 Å². The van der Waals surface area contributed by atoms with Gasteiger partial charge >= 0.3 is 0 Å². The Morgan fingerprint density at radius 2 is 2.00 bits per heavy atom. The van der Waals surface area contributed by atoms with Gasteiger partial charge in [0, 0.05) is 18.0 Å². The highest BCUT2D eigenvalue weighted by molar-refractivity contribution is 7.15. The third-order valence-corrected chi connectivity index (χ3v) is 4.45. The monoisotopic (exact) mass is 307 g/mol. The fourth-order valence-corrected chi connectivity index (χ4v) is 3.41. The van der Waals surface area contributed by atoms with Gasteiger partial charge in [-0.1, -0.05) is 37.3 Å². The van der Waals surface area contributed by atoms with E-state index in [1.54, 1.807) is 23.5 Å². The van der Waals surface area contributed by atoms with Gasteiger partial charge in [-0.15, -0.1) is 0 Å². The lowest BCUT2D eigenvalue weighted by molar-refractivity contribution is 0.625. The average molecular weight is 307 g/mol. The molecule has 1 aromatic carbocycles. The van der Waals surface area contributed by atoms with Crippen molar-refractivity contribution in [3.8, 4) is 0 Å². The number of rotatable bonds is 7. The lowest BCUT2D eigenvalue weighted by Gasteiger charge is -2.20. The molecule has 0 radical (unpaired) electrons. The zero-order valence-electron chi connectivity index (χ0n) is 12.8. The molecule has 0 atom stereocenters. The van der Waals surface area contributed by atoms with Crippen molar-refractivity contribution in [2.45, 2.75) is 33.7 Å². The lowest BCUT2D eigenvalue weighted by Crippen LogP contribution is -2.17. The summed E-state index contributed by atoms with van der Waals surface area (Å²) in [6, 6.07) is 6.86. The molecule has 0 unspecified atom stereocenters. The van der Waals surface area contributed by atoms with E-state index in [-0.39, 0.29) is 5.82 Å². The highest BCUT2D eigenvalue weighted by Gasteiger charge is 2.17. The minimum absolute atomic E-state index is 0.208. The van der Waals surface area contributed by atoms with E-state index < -0.39 is 0 Å². The first kappa shape index (κ1) is 15.9. The van der Waals surface area contributed by atoms with Crippen LogP contribution >= 0.6 is 11.3 Å². The maximum Gasteiger partial charge on any atom is 0.190 e. The van der Waals surface area contributed by atoms with Crippen molar-refractivity contribution in [2.75, 3.05) is 18.0 Å². The molecular formula is C16H22FN3S. The number of hydrogen-bond donors (Lipinski definition) is 1. The van der Waals surface area contributed by atoms with Crippen LogP contribution < -0.4 is 10.2 Å². The molecule has 0 amide bonds. The molecule has 0 fully saturated rings. The van der Waals surface area contributed by atoms with Crippen molar-refractivity contribution < 1.29 is 4.39 Å². The molecule has 0 saturated carbocycles. The molecule has 2 aromatic rings. The predicted molar refractivity (Wildman–Crippen MR) is 88.0 cm³/mol. The molecule has 0 spiro atoms. The highest BCUT2D eigenvalue weighted by Crippen LogP contribution is 2.33. The Morgan fingerprint density at radius 1 is 1.24 bits per heavy atom. The van der Waals surface area contributed by atoms with Crippen LogP contribution in [0.3, 0.4) is 0 Å².